The summed E-state index contributed by atoms with van der Waals surface area (Å²) in [6.07, 6.45) is 0. The molecule has 1 aromatic heterocycles. The van der Waals surface area contributed by atoms with Crippen LogP contribution in [0.4, 0.5) is 5.69 Å². The second kappa shape index (κ2) is 7.91. The summed E-state index contributed by atoms with van der Waals surface area (Å²) in [6, 6.07) is 14.0. The van der Waals surface area contributed by atoms with Crippen LogP contribution >= 0.6 is 35.0 Å². The van der Waals surface area contributed by atoms with Crippen LogP contribution in [-0.4, -0.2) is 21.4 Å². The minimum absolute atomic E-state index is 0.168. The first-order chi connectivity index (χ1) is 12.0. The molecule has 0 aliphatic carbocycles. The molecule has 8 heteroatoms. The van der Waals surface area contributed by atoms with E-state index >= 15 is 0 Å². The Labute approximate surface area is 158 Å². The summed E-state index contributed by atoms with van der Waals surface area (Å²) >= 11 is 12.9. The van der Waals surface area contributed by atoms with Gasteiger partial charge in [0.05, 0.1) is 5.25 Å². The molecule has 0 spiro atoms. The van der Waals surface area contributed by atoms with Crippen LogP contribution in [0.1, 0.15) is 6.92 Å². The zero-order valence-corrected chi connectivity index (χ0v) is 15.4. The molecule has 2 aromatic carbocycles. The number of nitrogens with zero attached hydrogens (tertiary/aromatic N) is 2. The first-order valence-electron chi connectivity index (χ1n) is 7.34. The second-order valence-corrected chi connectivity index (χ2v) is 7.30. The number of carbonyl (C=O) groups excluding carboxylic acids is 1. The Balaban J connectivity index is 1.62. The Morgan fingerprint density at radius 2 is 1.64 bits per heavy atom. The minimum atomic E-state index is -0.408. The van der Waals surface area contributed by atoms with Gasteiger partial charge < -0.3 is 9.73 Å². The Hall–Kier alpha value is -2.02. The molecule has 0 fully saturated rings. The van der Waals surface area contributed by atoms with Crippen molar-refractivity contribution in [2.24, 2.45) is 0 Å². The zero-order chi connectivity index (χ0) is 17.8. The lowest BCUT2D eigenvalue weighted by Gasteiger charge is -2.09. The molecule has 0 radical (unpaired) electrons. The maximum Gasteiger partial charge on any atom is 0.277 e. The van der Waals surface area contributed by atoms with Crippen molar-refractivity contribution in [3.8, 4) is 11.5 Å². The first kappa shape index (κ1) is 17.8. The number of benzene rings is 2. The number of amides is 1. The van der Waals surface area contributed by atoms with Gasteiger partial charge in [0, 0.05) is 21.3 Å². The number of nitrogens with one attached hydrogen (secondary N) is 1. The molecule has 1 amide bonds. The fourth-order valence-corrected chi connectivity index (χ4v) is 2.88. The van der Waals surface area contributed by atoms with Gasteiger partial charge >= 0.3 is 0 Å². The van der Waals surface area contributed by atoms with Gasteiger partial charge in [-0.3, -0.25) is 4.79 Å². The molecule has 5 nitrogen and oxygen atoms in total. The van der Waals surface area contributed by atoms with Crippen LogP contribution in [0.5, 0.6) is 0 Å². The van der Waals surface area contributed by atoms with E-state index in [9.17, 15) is 4.79 Å². The number of halogens is 2. The summed E-state index contributed by atoms with van der Waals surface area (Å²) in [6.45, 7) is 1.77. The van der Waals surface area contributed by atoms with Gasteiger partial charge in [-0.1, -0.05) is 35.0 Å². The summed E-state index contributed by atoms with van der Waals surface area (Å²) in [5.74, 6) is 0.211. The molecule has 0 unspecified atom stereocenters. The molecule has 1 atom stereocenters. The predicted octanol–water partition coefficient (Wildman–Crippen LogP) is 5.16. The van der Waals surface area contributed by atoms with Gasteiger partial charge in [0.2, 0.25) is 11.8 Å². The molecule has 3 rings (SSSR count). The van der Waals surface area contributed by atoms with E-state index in [1.54, 1.807) is 55.5 Å². The largest absolute Gasteiger partial charge is 0.411 e. The number of hydrogen-bond acceptors (Lipinski definition) is 5. The van der Waals surface area contributed by atoms with Crippen LogP contribution in [-0.2, 0) is 4.79 Å². The van der Waals surface area contributed by atoms with E-state index in [1.807, 2.05) is 0 Å². The molecule has 0 aliphatic rings. The van der Waals surface area contributed by atoms with E-state index in [-0.39, 0.29) is 5.91 Å². The number of rotatable bonds is 5. The average Bonchev–Trinajstić information content (AvgIpc) is 3.06. The van der Waals surface area contributed by atoms with Gasteiger partial charge in [-0.15, -0.1) is 10.2 Å². The van der Waals surface area contributed by atoms with E-state index in [0.717, 1.165) is 5.56 Å². The Kier molecular flexibility index (Phi) is 5.63. The smallest absolute Gasteiger partial charge is 0.277 e. The van der Waals surface area contributed by atoms with E-state index in [2.05, 4.69) is 15.5 Å². The Morgan fingerprint density at radius 1 is 1.04 bits per heavy atom. The van der Waals surface area contributed by atoms with Crippen molar-refractivity contribution in [2.45, 2.75) is 17.4 Å². The molecule has 3 aromatic rings. The molecule has 0 aliphatic heterocycles. The SMILES string of the molecule is C[C@H](Sc1nnc(-c2ccc(Cl)cc2)o1)C(=O)Nc1ccc(Cl)cc1. The molecule has 128 valence electrons. The highest BCUT2D eigenvalue weighted by Crippen LogP contribution is 2.27. The van der Waals surface area contributed by atoms with E-state index in [0.29, 0.717) is 26.8 Å². The molecule has 1 N–H and O–H groups in total. The molecule has 0 bridgehead atoms. The van der Waals surface area contributed by atoms with E-state index in [1.165, 1.54) is 11.8 Å². The lowest BCUT2D eigenvalue weighted by atomic mass is 10.2. The monoisotopic (exact) mass is 393 g/mol. The van der Waals surface area contributed by atoms with E-state index in [4.69, 9.17) is 27.6 Å². The fraction of sp³-hybridized carbons (Fsp3) is 0.118. The molecular formula is C17H13Cl2N3O2S. The van der Waals surface area contributed by atoms with Crippen LogP contribution in [0.2, 0.25) is 10.0 Å². The van der Waals surface area contributed by atoms with Gasteiger partial charge in [0.15, 0.2) is 0 Å². The number of hydrogen-bond donors (Lipinski definition) is 1. The minimum Gasteiger partial charge on any atom is -0.411 e. The summed E-state index contributed by atoms with van der Waals surface area (Å²) in [5, 5.41) is 11.9. The van der Waals surface area contributed by atoms with Crippen molar-refractivity contribution >= 4 is 46.6 Å². The van der Waals surface area contributed by atoms with Gasteiger partial charge in [-0.2, -0.15) is 0 Å². The van der Waals surface area contributed by atoms with Gasteiger partial charge in [0.1, 0.15) is 0 Å². The molecular weight excluding hydrogens is 381 g/mol. The standard InChI is InChI=1S/C17H13Cl2N3O2S/c1-10(15(23)20-14-8-6-13(19)7-9-14)25-17-22-21-16(24-17)11-2-4-12(18)5-3-11/h2-10H,1H3,(H,20,23)/t10-/m0/s1. The maximum absolute atomic E-state index is 12.2. The fourth-order valence-electron chi connectivity index (χ4n) is 1.95. The van der Waals surface area contributed by atoms with Crippen molar-refractivity contribution in [3.63, 3.8) is 0 Å². The summed E-state index contributed by atoms with van der Waals surface area (Å²) in [4.78, 5) is 12.2. The summed E-state index contributed by atoms with van der Waals surface area (Å²) in [7, 11) is 0. The summed E-state index contributed by atoms with van der Waals surface area (Å²) in [5.41, 5.74) is 1.44. The highest BCUT2D eigenvalue weighted by atomic mass is 35.5. The lowest BCUT2D eigenvalue weighted by molar-refractivity contribution is -0.115. The van der Waals surface area contributed by atoms with Crippen LogP contribution in [0.15, 0.2) is 58.2 Å². The molecule has 0 saturated carbocycles. The van der Waals surface area contributed by atoms with Crippen LogP contribution < -0.4 is 5.32 Å². The number of anilines is 1. The van der Waals surface area contributed by atoms with E-state index < -0.39 is 5.25 Å². The highest BCUT2D eigenvalue weighted by molar-refractivity contribution is 8.00. The van der Waals surface area contributed by atoms with Crippen molar-refractivity contribution < 1.29 is 9.21 Å². The average molecular weight is 394 g/mol. The van der Waals surface area contributed by atoms with Crippen LogP contribution in [0.25, 0.3) is 11.5 Å². The van der Waals surface area contributed by atoms with Gasteiger partial charge in [-0.25, -0.2) is 0 Å². The normalized spacial score (nSPS) is 12.0. The number of thioether (sulfide) groups is 1. The lowest BCUT2D eigenvalue weighted by Crippen LogP contribution is -2.22. The number of carbonyl (C=O) groups is 1. The topological polar surface area (TPSA) is 68.0 Å². The van der Waals surface area contributed by atoms with Crippen molar-refractivity contribution in [2.75, 3.05) is 5.32 Å². The zero-order valence-electron chi connectivity index (χ0n) is 13.1. The maximum atomic E-state index is 12.2. The van der Waals surface area contributed by atoms with Gasteiger partial charge in [0.25, 0.3) is 5.22 Å². The second-order valence-electron chi connectivity index (χ2n) is 5.14. The van der Waals surface area contributed by atoms with Crippen molar-refractivity contribution in [1.29, 1.82) is 0 Å². The van der Waals surface area contributed by atoms with Crippen molar-refractivity contribution in [1.82, 2.24) is 10.2 Å². The van der Waals surface area contributed by atoms with Crippen LogP contribution in [0, 0.1) is 0 Å². The van der Waals surface area contributed by atoms with Crippen molar-refractivity contribution in [3.05, 3.63) is 58.6 Å². The Morgan fingerprint density at radius 3 is 2.28 bits per heavy atom. The molecule has 0 saturated heterocycles. The summed E-state index contributed by atoms with van der Waals surface area (Å²) < 4.78 is 5.60. The quantitative estimate of drug-likeness (QED) is 0.606. The van der Waals surface area contributed by atoms with Gasteiger partial charge in [-0.05, 0) is 55.5 Å². The molecule has 25 heavy (non-hydrogen) atoms. The predicted molar refractivity (Wildman–Crippen MR) is 100 cm³/mol. The van der Waals surface area contributed by atoms with Crippen LogP contribution in [0.3, 0.4) is 0 Å². The highest BCUT2D eigenvalue weighted by Gasteiger charge is 2.19. The third kappa shape index (κ3) is 4.75. The third-order valence-electron chi connectivity index (χ3n) is 3.26. The molecule has 1 heterocycles. The Bertz CT molecular complexity index is 866. The third-order valence-corrected chi connectivity index (χ3v) is 4.69. The first-order valence-corrected chi connectivity index (χ1v) is 8.97. The number of aromatic nitrogens is 2.